The summed E-state index contributed by atoms with van der Waals surface area (Å²) in [7, 11) is 2.14. The first-order valence-corrected chi connectivity index (χ1v) is 7.99. The Balaban J connectivity index is 1.55. The quantitative estimate of drug-likeness (QED) is 0.896. The van der Waals surface area contributed by atoms with Gasteiger partial charge in [-0.05, 0) is 44.4 Å². The van der Waals surface area contributed by atoms with Gasteiger partial charge in [0.25, 0.3) is 0 Å². The van der Waals surface area contributed by atoms with Gasteiger partial charge in [0.05, 0.1) is 0 Å². The fraction of sp³-hybridized carbons (Fsp3) is 0.750. The van der Waals surface area contributed by atoms with E-state index in [1.807, 2.05) is 12.4 Å². The molecule has 2 aliphatic carbocycles. The van der Waals surface area contributed by atoms with Crippen molar-refractivity contribution in [2.45, 2.75) is 64.1 Å². The third-order valence-electron chi connectivity index (χ3n) is 4.71. The predicted molar refractivity (Wildman–Crippen MR) is 81.7 cm³/mol. The molecule has 3 rings (SSSR count). The van der Waals surface area contributed by atoms with Gasteiger partial charge in [0, 0.05) is 43.6 Å². The van der Waals surface area contributed by atoms with Crippen LogP contribution in [0.5, 0.6) is 0 Å². The van der Waals surface area contributed by atoms with E-state index in [0.29, 0.717) is 6.04 Å². The summed E-state index contributed by atoms with van der Waals surface area (Å²) < 4.78 is 0. The second-order valence-electron chi connectivity index (χ2n) is 6.57. The Morgan fingerprint density at radius 2 is 1.75 bits per heavy atom. The maximum absolute atomic E-state index is 4.55. The van der Waals surface area contributed by atoms with E-state index in [2.05, 4.69) is 34.2 Å². The van der Waals surface area contributed by atoms with Crippen LogP contribution in [0.3, 0.4) is 0 Å². The lowest BCUT2D eigenvalue weighted by molar-refractivity contribution is 0.339. The minimum atomic E-state index is 0.613. The maximum Gasteiger partial charge on any atom is 0.225 e. The van der Waals surface area contributed by atoms with Gasteiger partial charge in [-0.2, -0.15) is 0 Å². The fourth-order valence-electron chi connectivity index (χ4n) is 2.96. The lowest BCUT2D eigenvalue weighted by atomic mass is 9.87. The van der Waals surface area contributed by atoms with Crippen LogP contribution < -0.4 is 10.2 Å². The van der Waals surface area contributed by atoms with Gasteiger partial charge in [0.15, 0.2) is 0 Å². The molecule has 4 heteroatoms. The Hall–Kier alpha value is -1.16. The second-order valence-corrected chi connectivity index (χ2v) is 6.57. The van der Waals surface area contributed by atoms with E-state index >= 15 is 0 Å². The molecule has 20 heavy (non-hydrogen) atoms. The number of nitrogens with zero attached hydrogens (tertiary/aromatic N) is 3. The van der Waals surface area contributed by atoms with Crippen molar-refractivity contribution in [3.8, 4) is 0 Å². The molecule has 0 aliphatic heterocycles. The van der Waals surface area contributed by atoms with Crippen LogP contribution >= 0.6 is 0 Å². The molecule has 0 saturated heterocycles. The summed E-state index contributed by atoms with van der Waals surface area (Å²) in [6, 6.07) is 1.35. The zero-order valence-electron chi connectivity index (χ0n) is 12.7. The van der Waals surface area contributed by atoms with Crippen molar-refractivity contribution in [2.75, 3.05) is 11.9 Å². The largest absolute Gasteiger partial charge is 0.341 e. The number of hydrogen-bond donors (Lipinski definition) is 1. The molecule has 4 nitrogen and oxygen atoms in total. The molecular formula is C16H26N4. The molecule has 0 aromatic carbocycles. The molecule has 0 atom stereocenters. The summed E-state index contributed by atoms with van der Waals surface area (Å²) in [6.07, 6.45) is 11.8. The number of nitrogens with one attached hydrogen (secondary N) is 1. The highest BCUT2D eigenvalue weighted by molar-refractivity contribution is 5.30. The van der Waals surface area contributed by atoms with Crippen LogP contribution in [0.15, 0.2) is 12.4 Å². The zero-order chi connectivity index (χ0) is 13.9. The van der Waals surface area contributed by atoms with Crippen molar-refractivity contribution < 1.29 is 0 Å². The van der Waals surface area contributed by atoms with Crippen molar-refractivity contribution in [1.82, 2.24) is 15.3 Å². The van der Waals surface area contributed by atoms with Crippen molar-refractivity contribution in [3.05, 3.63) is 18.0 Å². The summed E-state index contributed by atoms with van der Waals surface area (Å²) in [5.74, 6) is 1.76. The monoisotopic (exact) mass is 274 g/mol. The van der Waals surface area contributed by atoms with Gasteiger partial charge in [0.2, 0.25) is 5.95 Å². The Bertz CT molecular complexity index is 419. The Kier molecular flexibility index (Phi) is 4.20. The van der Waals surface area contributed by atoms with Crippen molar-refractivity contribution in [3.63, 3.8) is 0 Å². The highest BCUT2D eigenvalue weighted by Crippen LogP contribution is 2.27. The molecule has 1 heterocycles. The van der Waals surface area contributed by atoms with Gasteiger partial charge < -0.3 is 10.2 Å². The summed E-state index contributed by atoms with van der Waals surface area (Å²) in [6.45, 7) is 3.25. The van der Waals surface area contributed by atoms with Crippen LogP contribution in [-0.2, 0) is 6.54 Å². The highest BCUT2D eigenvalue weighted by atomic mass is 15.2. The van der Waals surface area contributed by atoms with Crippen LogP contribution in [0.25, 0.3) is 0 Å². The first-order chi connectivity index (χ1) is 9.72. The Morgan fingerprint density at radius 1 is 1.10 bits per heavy atom. The third kappa shape index (κ3) is 3.48. The van der Waals surface area contributed by atoms with E-state index in [4.69, 9.17) is 0 Å². The minimum absolute atomic E-state index is 0.613. The average molecular weight is 274 g/mol. The normalized spacial score (nSPS) is 26.5. The predicted octanol–water partition coefficient (Wildman–Crippen LogP) is 2.74. The lowest BCUT2D eigenvalue weighted by Crippen LogP contribution is -2.35. The summed E-state index contributed by atoms with van der Waals surface area (Å²) in [4.78, 5) is 11.4. The Morgan fingerprint density at radius 3 is 2.35 bits per heavy atom. The van der Waals surface area contributed by atoms with Gasteiger partial charge in [-0.25, -0.2) is 9.97 Å². The van der Waals surface area contributed by atoms with Gasteiger partial charge >= 0.3 is 0 Å². The van der Waals surface area contributed by atoms with E-state index in [0.717, 1.165) is 24.5 Å². The maximum atomic E-state index is 4.55. The molecule has 2 aliphatic rings. The SMILES string of the molecule is CC1CCC(N(C)c2ncc(CNC3CC3)cn2)CC1. The van der Waals surface area contributed by atoms with Crippen LogP contribution in [0.1, 0.15) is 51.0 Å². The lowest BCUT2D eigenvalue weighted by Gasteiger charge is -2.33. The van der Waals surface area contributed by atoms with E-state index in [9.17, 15) is 0 Å². The van der Waals surface area contributed by atoms with Crippen molar-refractivity contribution >= 4 is 5.95 Å². The molecule has 0 unspecified atom stereocenters. The summed E-state index contributed by atoms with van der Waals surface area (Å²) >= 11 is 0. The molecule has 110 valence electrons. The van der Waals surface area contributed by atoms with Gasteiger partial charge in [-0.1, -0.05) is 6.92 Å². The first-order valence-electron chi connectivity index (χ1n) is 7.99. The average Bonchev–Trinajstić information content (AvgIpc) is 3.30. The van der Waals surface area contributed by atoms with Crippen molar-refractivity contribution in [1.29, 1.82) is 0 Å². The smallest absolute Gasteiger partial charge is 0.225 e. The molecular weight excluding hydrogens is 248 g/mol. The summed E-state index contributed by atoms with van der Waals surface area (Å²) in [5, 5.41) is 3.50. The van der Waals surface area contributed by atoms with Gasteiger partial charge in [-0.15, -0.1) is 0 Å². The topological polar surface area (TPSA) is 41.1 Å². The van der Waals surface area contributed by atoms with Crippen molar-refractivity contribution in [2.24, 2.45) is 5.92 Å². The van der Waals surface area contributed by atoms with E-state index in [1.165, 1.54) is 44.1 Å². The molecule has 2 saturated carbocycles. The molecule has 0 bridgehead atoms. The Labute approximate surface area is 122 Å². The van der Waals surface area contributed by atoms with Crippen LogP contribution in [-0.4, -0.2) is 29.1 Å². The standard InChI is InChI=1S/C16H26N4/c1-12-3-7-15(8-4-12)20(2)16-18-10-13(11-19-16)9-17-14-5-6-14/h10-12,14-15,17H,3-9H2,1-2H3. The molecule has 1 aromatic rings. The number of aromatic nitrogens is 2. The molecule has 2 fully saturated rings. The molecule has 0 radical (unpaired) electrons. The van der Waals surface area contributed by atoms with Gasteiger partial charge in [-0.3, -0.25) is 0 Å². The number of anilines is 1. The van der Waals surface area contributed by atoms with Gasteiger partial charge in [0.1, 0.15) is 0 Å². The third-order valence-corrected chi connectivity index (χ3v) is 4.71. The summed E-state index contributed by atoms with van der Waals surface area (Å²) in [5.41, 5.74) is 1.19. The highest BCUT2D eigenvalue weighted by Gasteiger charge is 2.23. The molecule has 1 aromatic heterocycles. The minimum Gasteiger partial charge on any atom is -0.341 e. The van der Waals surface area contributed by atoms with Crippen LogP contribution in [0.4, 0.5) is 5.95 Å². The number of rotatable bonds is 5. The second kappa shape index (κ2) is 6.08. The molecule has 0 spiro atoms. The molecule has 1 N–H and O–H groups in total. The number of hydrogen-bond acceptors (Lipinski definition) is 4. The first kappa shape index (κ1) is 13.8. The fourth-order valence-corrected chi connectivity index (χ4v) is 2.96. The van der Waals surface area contributed by atoms with Crippen LogP contribution in [0.2, 0.25) is 0 Å². The van der Waals surface area contributed by atoms with E-state index in [1.54, 1.807) is 0 Å². The molecule has 0 amide bonds. The van der Waals surface area contributed by atoms with E-state index < -0.39 is 0 Å². The zero-order valence-corrected chi connectivity index (χ0v) is 12.7. The van der Waals surface area contributed by atoms with E-state index in [-0.39, 0.29) is 0 Å². The van der Waals surface area contributed by atoms with Crippen LogP contribution in [0, 0.1) is 5.92 Å².